The number of hydrogen-bond donors (Lipinski definition) is 0. The molecule has 0 bridgehead atoms. The van der Waals surface area contributed by atoms with E-state index < -0.39 is 0 Å². The summed E-state index contributed by atoms with van der Waals surface area (Å²) in [5.74, 6) is 2.73. The zero-order valence-electron chi connectivity index (χ0n) is 9.38. The second-order valence-corrected chi connectivity index (χ2v) is 7.21. The lowest BCUT2D eigenvalue weighted by Gasteiger charge is -1.99. The minimum atomic E-state index is 0.653. The minimum absolute atomic E-state index is 0.653. The number of rotatable bonds is 5. The molecular formula is C9H11ClN4S3. The molecule has 0 atom stereocenters. The van der Waals surface area contributed by atoms with Crippen molar-refractivity contribution in [2.24, 2.45) is 7.05 Å². The first-order chi connectivity index (χ1) is 8.20. The molecule has 0 aromatic carbocycles. The van der Waals surface area contributed by atoms with Gasteiger partial charge < -0.3 is 4.57 Å². The van der Waals surface area contributed by atoms with Gasteiger partial charge in [-0.15, -0.1) is 10.2 Å². The first-order valence-electron chi connectivity index (χ1n) is 4.96. The molecule has 0 radical (unpaired) electrons. The van der Waals surface area contributed by atoms with Gasteiger partial charge in [0.1, 0.15) is 11.0 Å². The van der Waals surface area contributed by atoms with Gasteiger partial charge in [0.25, 0.3) is 0 Å². The Balaban J connectivity index is 1.95. The SMILES string of the molecule is CCSc1nnc(SCc2ncc(Cl)n2C)s1. The fraction of sp³-hybridized carbons (Fsp3) is 0.444. The highest BCUT2D eigenvalue weighted by molar-refractivity contribution is 8.02. The molecule has 0 saturated carbocycles. The second kappa shape index (κ2) is 6.08. The largest absolute Gasteiger partial charge is 0.322 e. The topological polar surface area (TPSA) is 43.6 Å². The first-order valence-corrected chi connectivity index (χ1v) is 8.12. The second-order valence-electron chi connectivity index (χ2n) is 3.11. The van der Waals surface area contributed by atoms with E-state index in [1.165, 1.54) is 0 Å². The summed E-state index contributed by atoms with van der Waals surface area (Å²) in [5.41, 5.74) is 0. The number of nitrogens with zero attached hydrogens (tertiary/aromatic N) is 4. The van der Waals surface area contributed by atoms with Crippen LogP contribution in [0, 0.1) is 0 Å². The lowest BCUT2D eigenvalue weighted by molar-refractivity contribution is 0.849. The highest BCUT2D eigenvalue weighted by atomic mass is 35.5. The van der Waals surface area contributed by atoms with Crippen molar-refractivity contribution in [2.45, 2.75) is 21.4 Å². The molecule has 0 fully saturated rings. The third-order valence-corrected chi connectivity index (χ3v) is 5.43. The van der Waals surface area contributed by atoms with Crippen LogP contribution in [0.3, 0.4) is 0 Å². The summed E-state index contributed by atoms with van der Waals surface area (Å²) in [6, 6.07) is 0. The predicted molar refractivity (Wildman–Crippen MR) is 74.1 cm³/mol. The predicted octanol–water partition coefficient (Wildman–Crippen LogP) is 3.33. The van der Waals surface area contributed by atoms with Crippen LogP contribution in [0.5, 0.6) is 0 Å². The molecule has 8 heteroatoms. The number of hydrogen-bond acceptors (Lipinski definition) is 6. The van der Waals surface area contributed by atoms with Crippen molar-refractivity contribution in [2.75, 3.05) is 5.75 Å². The van der Waals surface area contributed by atoms with Gasteiger partial charge in [-0.2, -0.15) is 0 Å². The van der Waals surface area contributed by atoms with Gasteiger partial charge in [0, 0.05) is 7.05 Å². The van der Waals surface area contributed by atoms with Crippen LogP contribution in [0.1, 0.15) is 12.7 Å². The molecule has 2 rings (SSSR count). The lowest BCUT2D eigenvalue weighted by atomic mass is 10.7. The van der Waals surface area contributed by atoms with Crippen molar-refractivity contribution in [3.05, 3.63) is 17.2 Å². The van der Waals surface area contributed by atoms with Gasteiger partial charge >= 0.3 is 0 Å². The van der Waals surface area contributed by atoms with Crippen molar-refractivity contribution < 1.29 is 0 Å². The summed E-state index contributed by atoms with van der Waals surface area (Å²) in [6.07, 6.45) is 1.66. The maximum Gasteiger partial charge on any atom is 0.175 e. The first kappa shape index (κ1) is 13.2. The monoisotopic (exact) mass is 306 g/mol. The standard InChI is InChI=1S/C9H11ClN4S3/c1-3-15-8-12-13-9(17-8)16-5-7-11-4-6(10)14(7)2/h4H,3,5H2,1-2H3. The maximum absolute atomic E-state index is 5.92. The summed E-state index contributed by atoms with van der Waals surface area (Å²) in [4.78, 5) is 4.23. The Morgan fingerprint density at radius 3 is 2.65 bits per heavy atom. The van der Waals surface area contributed by atoms with E-state index in [0.29, 0.717) is 5.15 Å². The highest BCUT2D eigenvalue weighted by Crippen LogP contribution is 2.30. The Morgan fingerprint density at radius 1 is 1.35 bits per heavy atom. The van der Waals surface area contributed by atoms with Crippen molar-refractivity contribution in [1.29, 1.82) is 0 Å². The van der Waals surface area contributed by atoms with E-state index in [4.69, 9.17) is 11.6 Å². The van der Waals surface area contributed by atoms with E-state index in [9.17, 15) is 0 Å². The van der Waals surface area contributed by atoms with Crippen LogP contribution in [-0.4, -0.2) is 25.5 Å². The van der Waals surface area contributed by atoms with Gasteiger partial charge in [-0.05, 0) is 5.75 Å². The quantitative estimate of drug-likeness (QED) is 0.793. The van der Waals surface area contributed by atoms with Crippen LogP contribution in [-0.2, 0) is 12.8 Å². The molecule has 2 aromatic rings. The Morgan fingerprint density at radius 2 is 2.06 bits per heavy atom. The molecule has 2 heterocycles. The molecule has 0 amide bonds. The van der Waals surface area contributed by atoms with E-state index in [2.05, 4.69) is 22.1 Å². The lowest BCUT2D eigenvalue weighted by Crippen LogP contribution is -1.95. The van der Waals surface area contributed by atoms with Crippen molar-refractivity contribution in [1.82, 2.24) is 19.7 Å². The number of aromatic nitrogens is 4. The van der Waals surface area contributed by atoms with Gasteiger partial charge in [0.2, 0.25) is 0 Å². The molecule has 0 N–H and O–H groups in total. The highest BCUT2D eigenvalue weighted by Gasteiger charge is 2.08. The molecule has 92 valence electrons. The molecule has 2 aromatic heterocycles. The zero-order valence-corrected chi connectivity index (χ0v) is 12.6. The average Bonchev–Trinajstić information content (AvgIpc) is 2.87. The normalized spacial score (nSPS) is 11.0. The van der Waals surface area contributed by atoms with Crippen molar-refractivity contribution in [3.63, 3.8) is 0 Å². The van der Waals surface area contributed by atoms with Crippen LogP contribution in [0.2, 0.25) is 5.15 Å². The van der Waals surface area contributed by atoms with Crippen LogP contribution in [0.25, 0.3) is 0 Å². The van der Waals surface area contributed by atoms with Gasteiger partial charge in [-0.3, -0.25) is 0 Å². The molecule has 17 heavy (non-hydrogen) atoms. The fourth-order valence-electron chi connectivity index (χ4n) is 1.12. The molecule has 0 spiro atoms. The molecule has 0 aliphatic rings. The Hall–Kier alpha value is -0.240. The van der Waals surface area contributed by atoms with E-state index in [0.717, 1.165) is 26.0 Å². The Bertz CT molecular complexity index is 496. The summed E-state index contributed by atoms with van der Waals surface area (Å²) in [7, 11) is 1.91. The van der Waals surface area contributed by atoms with Crippen LogP contribution >= 0.6 is 46.5 Å². The van der Waals surface area contributed by atoms with Gasteiger partial charge in [-0.25, -0.2) is 4.98 Å². The molecular weight excluding hydrogens is 296 g/mol. The number of halogens is 1. The van der Waals surface area contributed by atoms with Gasteiger partial charge in [0.05, 0.1) is 11.9 Å². The van der Waals surface area contributed by atoms with E-state index >= 15 is 0 Å². The van der Waals surface area contributed by atoms with Crippen molar-refractivity contribution >= 4 is 46.5 Å². The van der Waals surface area contributed by atoms with E-state index in [1.807, 2.05) is 11.6 Å². The van der Waals surface area contributed by atoms with Crippen LogP contribution in [0.4, 0.5) is 0 Å². The zero-order chi connectivity index (χ0) is 12.3. The van der Waals surface area contributed by atoms with Crippen LogP contribution < -0.4 is 0 Å². The molecule has 4 nitrogen and oxygen atoms in total. The summed E-state index contributed by atoms with van der Waals surface area (Å²) < 4.78 is 3.87. The minimum Gasteiger partial charge on any atom is -0.322 e. The maximum atomic E-state index is 5.92. The third-order valence-electron chi connectivity index (χ3n) is 2.01. The molecule has 0 aliphatic carbocycles. The number of thioether (sulfide) groups is 2. The van der Waals surface area contributed by atoms with Gasteiger partial charge in [-0.1, -0.05) is 53.4 Å². The van der Waals surface area contributed by atoms with Crippen LogP contribution in [0.15, 0.2) is 14.9 Å². The summed E-state index contributed by atoms with van der Waals surface area (Å²) >= 11 is 10.9. The molecule has 0 aliphatic heterocycles. The van der Waals surface area contributed by atoms with Gasteiger partial charge in [0.15, 0.2) is 8.68 Å². The fourth-order valence-corrected chi connectivity index (χ4v) is 4.18. The molecule has 0 unspecified atom stereocenters. The number of imidazole rings is 1. The third kappa shape index (κ3) is 3.37. The van der Waals surface area contributed by atoms with E-state index in [1.54, 1.807) is 41.1 Å². The Labute approximate surface area is 117 Å². The van der Waals surface area contributed by atoms with Crippen molar-refractivity contribution in [3.8, 4) is 0 Å². The summed E-state index contributed by atoms with van der Waals surface area (Å²) in [6.45, 7) is 2.11. The average molecular weight is 307 g/mol. The van der Waals surface area contributed by atoms with E-state index in [-0.39, 0.29) is 0 Å². The Kier molecular flexibility index (Phi) is 4.72. The summed E-state index contributed by atoms with van der Waals surface area (Å²) in [5, 5.41) is 8.88. The molecule has 0 saturated heterocycles. The smallest absolute Gasteiger partial charge is 0.175 e.